The molecule has 0 radical (unpaired) electrons. The molecule has 1 saturated carbocycles. The molecule has 0 aromatic heterocycles. The maximum atomic E-state index is 12.6. The van der Waals surface area contributed by atoms with Gasteiger partial charge in [-0.15, -0.1) is 0 Å². The SMILES string of the molecule is O=C(O)CC1(NC(=O)c2ccc(NCc3ccccc3)c([N+](=O)[O-])c2)CCC1. The third-order valence-electron chi connectivity index (χ3n) is 4.96. The molecule has 1 aliphatic carbocycles. The number of carboxylic acids is 1. The van der Waals surface area contributed by atoms with E-state index in [9.17, 15) is 19.7 Å². The van der Waals surface area contributed by atoms with Crippen LogP contribution in [0, 0.1) is 10.1 Å². The third-order valence-corrected chi connectivity index (χ3v) is 4.96. The lowest BCUT2D eigenvalue weighted by molar-refractivity contribution is -0.384. The standard InChI is InChI=1S/C20H21N3O5/c24-18(25)12-20(9-4-10-20)22-19(26)15-7-8-16(17(11-15)23(27)28)21-13-14-5-2-1-3-6-14/h1-3,5-8,11,21H,4,9-10,12-13H2,(H,22,26)(H,24,25). The van der Waals surface area contributed by atoms with Crippen molar-refractivity contribution in [3.05, 3.63) is 69.8 Å². The quantitative estimate of drug-likeness (QED) is 0.475. The fraction of sp³-hybridized carbons (Fsp3) is 0.300. The first-order valence-corrected chi connectivity index (χ1v) is 8.99. The lowest BCUT2D eigenvalue weighted by Crippen LogP contribution is -2.54. The lowest BCUT2D eigenvalue weighted by Gasteiger charge is -2.41. The van der Waals surface area contributed by atoms with E-state index in [4.69, 9.17) is 5.11 Å². The van der Waals surface area contributed by atoms with Crippen molar-refractivity contribution in [3.63, 3.8) is 0 Å². The van der Waals surface area contributed by atoms with Crippen molar-refractivity contribution in [2.75, 3.05) is 5.32 Å². The van der Waals surface area contributed by atoms with E-state index >= 15 is 0 Å². The van der Waals surface area contributed by atoms with Crippen molar-refractivity contribution in [1.29, 1.82) is 0 Å². The second kappa shape index (κ2) is 8.08. The van der Waals surface area contributed by atoms with Crippen molar-refractivity contribution in [2.45, 2.75) is 37.8 Å². The summed E-state index contributed by atoms with van der Waals surface area (Å²) in [7, 11) is 0. The number of amides is 1. The maximum Gasteiger partial charge on any atom is 0.305 e. The molecule has 2 aromatic rings. The fourth-order valence-electron chi connectivity index (χ4n) is 3.32. The average molecular weight is 383 g/mol. The Balaban J connectivity index is 1.75. The Morgan fingerprint density at radius 2 is 1.86 bits per heavy atom. The highest BCUT2D eigenvalue weighted by molar-refractivity contribution is 5.96. The van der Waals surface area contributed by atoms with Crippen molar-refractivity contribution in [2.24, 2.45) is 0 Å². The number of nitrogens with one attached hydrogen (secondary N) is 2. The van der Waals surface area contributed by atoms with Crippen molar-refractivity contribution < 1.29 is 19.6 Å². The minimum Gasteiger partial charge on any atom is -0.481 e. The van der Waals surface area contributed by atoms with Gasteiger partial charge >= 0.3 is 5.97 Å². The fourth-order valence-corrected chi connectivity index (χ4v) is 3.32. The summed E-state index contributed by atoms with van der Waals surface area (Å²) in [4.78, 5) is 34.5. The number of nitrogens with zero attached hydrogens (tertiary/aromatic N) is 1. The number of carbonyl (C=O) groups excluding carboxylic acids is 1. The number of hydrogen-bond donors (Lipinski definition) is 3. The lowest BCUT2D eigenvalue weighted by atomic mass is 9.74. The number of nitro benzene ring substituents is 1. The number of hydrogen-bond acceptors (Lipinski definition) is 5. The predicted octanol–water partition coefficient (Wildman–Crippen LogP) is 3.33. The Kier molecular flexibility index (Phi) is 5.58. The first kappa shape index (κ1) is 19.3. The van der Waals surface area contributed by atoms with E-state index in [1.165, 1.54) is 18.2 Å². The van der Waals surface area contributed by atoms with Gasteiger partial charge in [-0.05, 0) is 37.0 Å². The van der Waals surface area contributed by atoms with Crippen LogP contribution in [-0.2, 0) is 11.3 Å². The van der Waals surface area contributed by atoms with E-state index < -0.39 is 22.3 Å². The highest BCUT2D eigenvalue weighted by Gasteiger charge is 2.40. The molecule has 8 nitrogen and oxygen atoms in total. The Morgan fingerprint density at radius 1 is 1.14 bits per heavy atom. The van der Waals surface area contributed by atoms with Gasteiger partial charge in [0.25, 0.3) is 11.6 Å². The van der Waals surface area contributed by atoms with Crippen LogP contribution in [0.25, 0.3) is 0 Å². The number of anilines is 1. The highest BCUT2D eigenvalue weighted by atomic mass is 16.6. The molecule has 28 heavy (non-hydrogen) atoms. The second-order valence-electron chi connectivity index (χ2n) is 6.99. The zero-order valence-electron chi connectivity index (χ0n) is 15.2. The van der Waals surface area contributed by atoms with Gasteiger partial charge in [0.1, 0.15) is 5.69 Å². The monoisotopic (exact) mass is 383 g/mol. The van der Waals surface area contributed by atoms with Crippen LogP contribution in [0.1, 0.15) is 41.6 Å². The summed E-state index contributed by atoms with van der Waals surface area (Å²) in [5, 5.41) is 26.3. The molecule has 0 aliphatic heterocycles. The average Bonchev–Trinajstić information content (AvgIpc) is 2.64. The van der Waals surface area contributed by atoms with Crippen LogP contribution < -0.4 is 10.6 Å². The van der Waals surface area contributed by atoms with Crippen LogP contribution >= 0.6 is 0 Å². The first-order valence-electron chi connectivity index (χ1n) is 8.99. The van der Waals surface area contributed by atoms with Gasteiger partial charge in [0, 0.05) is 18.2 Å². The van der Waals surface area contributed by atoms with Gasteiger partial charge in [0.05, 0.1) is 16.9 Å². The molecule has 3 rings (SSSR count). The minimum atomic E-state index is -0.980. The number of carbonyl (C=O) groups is 2. The predicted molar refractivity (Wildman–Crippen MR) is 103 cm³/mol. The summed E-state index contributed by atoms with van der Waals surface area (Å²) < 4.78 is 0. The van der Waals surface area contributed by atoms with Gasteiger partial charge in [-0.2, -0.15) is 0 Å². The van der Waals surface area contributed by atoms with Gasteiger partial charge in [-0.3, -0.25) is 19.7 Å². The third kappa shape index (κ3) is 4.46. The molecule has 0 unspecified atom stereocenters. The maximum absolute atomic E-state index is 12.6. The van der Waals surface area contributed by atoms with Gasteiger partial charge in [0.15, 0.2) is 0 Å². The van der Waals surface area contributed by atoms with Crippen LogP contribution in [-0.4, -0.2) is 27.4 Å². The molecular weight excluding hydrogens is 362 g/mol. The van der Waals surface area contributed by atoms with Crippen LogP contribution in [0.2, 0.25) is 0 Å². The number of nitro groups is 1. The molecule has 0 bridgehead atoms. The molecule has 1 fully saturated rings. The summed E-state index contributed by atoms with van der Waals surface area (Å²) in [5.41, 5.74) is 0.452. The Morgan fingerprint density at radius 3 is 2.43 bits per heavy atom. The molecule has 0 saturated heterocycles. The summed E-state index contributed by atoms with van der Waals surface area (Å²) in [5.74, 6) is -1.48. The minimum absolute atomic E-state index is 0.133. The van der Waals surface area contributed by atoms with Crippen LogP contribution in [0.4, 0.5) is 11.4 Å². The summed E-state index contributed by atoms with van der Waals surface area (Å²) in [6.45, 7) is 0.412. The molecule has 2 aromatic carbocycles. The molecule has 8 heteroatoms. The molecule has 0 spiro atoms. The van der Waals surface area contributed by atoms with Gasteiger partial charge in [-0.25, -0.2) is 0 Å². The van der Waals surface area contributed by atoms with E-state index in [1.807, 2.05) is 30.3 Å². The smallest absolute Gasteiger partial charge is 0.305 e. The van der Waals surface area contributed by atoms with Crippen LogP contribution in [0.5, 0.6) is 0 Å². The number of rotatable bonds is 8. The van der Waals surface area contributed by atoms with Gasteiger partial charge in [0.2, 0.25) is 0 Å². The van der Waals surface area contributed by atoms with Crippen molar-refractivity contribution in [1.82, 2.24) is 5.32 Å². The molecule has 3 N–H and O–H groups in total. The summed E-state index contributed by atoms with van der Waals surface area (Å²) in [6, 6.07) is 13.7. The molecule has 1 aliphatic rings. The van der Waals surface area contributed by atoms with E-state index in [0.29, 0.717) is 25.1 Å². The molecule has 1 amide bonds. The first-order chi connectivity index (χ1) is 13.4. The van der Waals surface area contributed by atoms with Crippen LogP contribution in [0.15, 0.2) is 48.5 Å². The largest absolute Gasteiger partial charge is 0.481 e. The zero-order valence-corrected chi connectivity index (χ0v) is 15.2. The second-order valence-corrected chi connectivity index (χ2v) is 6.99. The topological polar surface area (TPSA) is 122 Å². The molecule has 146 valence electrons. The normalized spacial score (nSPS) is 14.6. The number of benzene rings is 2. The van der Waals surface area contributed by atoms with E-state index in [2.05, 4.69) is 10.6 Å². The number of carboxylic acid groups (broad SMARTS) is 1. The van der Waals surface area contributed by atoms with E-state index in [0.717, 1.165) is 12.0 Å². The van der Waals surface area contributed by atoms with Gasteiger partial charge in [-0.1, -0.05) is 30.3 Å². The molecular formula is C20H21N3O5. The Labute approximate surface area is 161 Å². The summed E-state index contributed by atoms with van der Waals surface area (Å²) >= 11 is 0. The Bertz CT molecular complexity index is 894. The zero-order chi connectivity index (χ0) is 20.1. The van der Waals surface area contributed by atoms with Gasteiger partial charge < -0.3 is 15.7 Å². The van der Waals surface area contributed by atoms with Crippen molar-refractivity contribution in [3.8, 4) is 0 Å². The highest BCUT2D eigenvalue weighted by Crippen LogP contribution is 2.35. The van der Waals surface area contributed by atoms with Crippen LogP contribution in [0.3, 0.4) is 0 Å². The number of aliphatic carboxylic acids is 1. The summed E-state index contributed by atoms with van der Waals surface area (Å²) in [6.07, 6.45) is 1.86. The van der Waals surface area contributed by atoms with E-state index in [-0.39, 0.29) is 17.7 Å². The Hall–Kier alpha value is -3.42. The molecule has 0 atom stereocenters. The molecule has 0 heterocycles. The van der Waals surface area contributed by atoms with E-state index in [1.54, 1.807) is 0 Å². The van der Waals surface area contributed by atoms with Crippen molar-refractivity contribution >= 4 is 23.3 Å².